The first-order valence-corrected chi connectivity index (χ1v) is 5.60. The first kappa shape index (κ1) is 13.0. The number of nitrogens with zero attached hydrogens (tertiary/aromatic N) is 2. The lowest BCUT2D eigenvalue weighted by Crippen LogP contribution is -2.01. The summed E-state index contributed by atoms with van der Waals surface area (Å²) >= 11 is 0. The Labute approximate surface area is 109 Å². The van der Waals surface area contributed by atoms with Gasteiger partial charge in [0.1, 0.15) is 18.4 Å². The van der Waals surface area contributed by atoms with Crippen LogP contribution in [0.5, 0.6) is 5.75 Å². The van der Waals surface area contributed by atoms with Crippen LogP contribution >= 0.6 is 0 Å². The Bertz CT molecular complexity index is 623. The maximum absolute atomic E-state index is 13.6. The van der Waals surface area contributed by atoms with Crippen LogP contribution in [0.1, 0.15) is 16.8 Å². The summed E-state index contributed by atoms with van der Waals surface area (Å²) < 4.78 is 19.0. The van der Waals surface area contributed by atoms with Crippen LogP contribution in [0.4, 0.5) is 4.39 Å². The third-order valence-corrected chi connectivity index (χ3v) is 2.54. The van der Waals surface area contributed by atoms with E-state index < -0.39 is 5.82 Å². The minimum Gasteiger partial charge on any atom is -0.485 e. The molecule has 1 heterocycles. The van der Waals surface area contributed by atoms with Crippen molar-refractivity contribution in [3.63, 3.8) is 0 Å². The van der Waals surface area contributed by atoms with Crippen LogP contribution in [0.3, 0.4) is 0 Å². The predicted molar refractivity (Wildman–Crippen MR) is 65.6 cm³/mol. The maximum atomic E-state index is 13.6. The van der Waals surface area contributed by atoms with E-state index in [4.69, 9.17) is 15.1 Å². The molecule has 0 amide bonds. The monoisotopic (exact) mass is 258 g/mol. The summed E-state index contributed by atoms with van der Waals surface area (Å²) in [6, 6.07) is 9.53. The van der Waals surface area contributed by atoms with Gasteiger partial charge in [0.2, 0.25) is 0 Å². The zero-order valence-electron chi connectivity index (χ0n) is 10.0. The molecule has 1 aromatic carbocycles. The summed E-state index contributed by atoms with van der Waals surface area (Å²) in [5, 5.41) is 17.8. The molecule has 0 aliphatic heterocycles. The first-order chi connectivity index (χ1) is 9.24. The van der Waals surface area contributed by atoms with Crippen LogP contribution in [-0.4, -0.2) is 10.1 Å². The number of benzene rings is 1. The zero-order chi connectivity index (χ0) is 13.7. The average Bonchev–Trinajstić information content (AvgIpc) is 2.46. The van der Waals surface area contributed by atoms with Crippen molar-refractivity contribution >= 4 is 0 Å². The number of halogens is 1. The summed E-state index contributed by atoms with van der Waals surface area (Å²) in [6.07, 6.45) is 1.49. The van der Waals surface area contributed by atoms with E-state index in [1.165, 1.54) is 18.3 Å². The number of hydrogen-bond acceptors (Lipinski definition) is 4. The van der Waals surface area contributed by atoms with Crippen LogP contribution < -0.4 is 4.74 Å². The third-order valence-electron chi connectivity index (χ3n) is 2.54. The van der Waals surface area contributed by atoms with Crippen molar-refractivity contribution in [1.29, 1.82) is 5.26 Å². The van der Waals surface area contributed by atoms with E-state index in [1.54, 1.807) is 18.2 Å². The normalized spacial score (nSPS) is 9.95. The Kier molecular flexibility index (Phi) is 4.06. The zero-order valence-corrected chi connectivity index (χ0v) is 10.0. The fourth-order valence-corrected chi connectivity index (χ4v) is 1.62. The molecule has 0 spiro atoms. The summed E-state index contributed by atoms with van der Waals surface area (Å²) in [5.41, 5.74) is 1.37. The second kappa shape index (κ2) is 5.94. The van der Waals surface area contributed by atoms with Gasteiger partial charge in [-0.05, 0) is 23.8 Å². The van der Waals surface area contributed by atoms with Gasteiger partial charge in [-0.25, -0.2) is 9.37 Å². The molecule has 0 unspecified atom stereocenters. The Balaban J connectivity index is 2.17. The molecule has 1 aromatic heterocycles. The van der Waals surface area contributed by atoms with E-state index in [0.29, 0.717) is 11.1 Å². The van der Waals surface area contributed by atoms with Gasteiger partial charge in [-0.2, -0.15) is 5.26 Å². The van der Waals surface area contributed by atoms with Crippen molar-refractivity contribution < 1.29 is 14.2 Å². The highest BCUT2D eigenvalue weighted by Crippen LogP contribution is 2.23. The summed E-state index contributed by atoms with van der Waals surface area (Å²) in [6.45, 7) is -0.196. The van der Waals surface area contributed by atoms with Crippen molar-refractivity contribution in [3.05, 3.63) is 59.2 Å². The van der Waals surface area contributed by atoms with Crippen molar-refractivity contribution in [2.24, 2.45) is 0 Å². The van der Waals surface area contributed by atoms with Gasteiger partial charge in [-0.1, -0.05) is 12.1 Å². The lowest BCUT2D eigenvalue weighted by Gasteiger charge is -2.11. The smallest absolute Gasteiger partial charge is 0.165 e. The minimum absolute atomic E-state index is 0.0281. The molecule has 0 bridgehead atoms. The number of nitriles is 1. The second-order valence-electron chi connectivity index (χ2n) is 3.84. The fraction of sp³-hybridized carbons (Fsp3) is 0.143. The highest BCUT2D eigenvalue weighted by Gasteiger charge is 2.09. The molecule has 19 heavy (non-hydrogen) atoms. The van der Waals surface area contributed by atoms with Gasteiger partial charge >= 0.3 is 0 Å². The van der Waals surface area contributed by atoms with Crippen molar-refractivity contribution in [1.82, 2.24) is 4.98 Å². The lowest BCUT2D eigenvalue weighted by atomic mass is 10.2. The molecule has 2 aromatic rings. The molecule has 96 valence electrons. The molecule has 0 aliphatic rings. The Morgan fingerprint density at radius 1 is 1.37 bits per heavy atom. The van der Waals surface area contributed by atoms with E-state index in [1.807, 2.05) is 6.07 Å². The third kappa shape index (κ3) is 3.06. The van der Waals surface area contributed by atoms with Crippen molar-refractivity contribution in [2.45, 2.75) is 13.2 Å². The highest BCUT2D eigenvalue weighted by molar-refractivity contribution is 5.35. The van der Waals surface area contributed by atoms with Crippen LogP contribution in [0, 0.1) is 17.1 Å². The van der Waals surface area contributed by atoms with Crippen LogP contribution in [0.2, 0.25) is 0 Å². The number of hydrogen-bond donors (Lipinski definition) is 1. The molecule has 0 saturated heterocycles. The van der Waals surface area contributed by atoms with Gasteiger partial charge in [0.15, 0.2) is 11.6 Å². The van der Waals surface area contributed by atoms with Gasteiger partial charge in [-0.15, -0.1) is 0 Å². The summed E-state index contributed by atoms with van der Waals surface area (Å²) in [5.74, 6) is -0.499. The molecule has 2 rings (SSSR count). The largest absolute Gasteiger partial charge is 0.485 e. The molecule has 0 atom stereocenters. The highest BCUT2D eigenvalue weighted by atomic mass is 19.1. The number of ether oxygens (including phenoxy) is 1. The standard InChI is InChI=1S/C14H11FN2O2/c15-13-3-1-2-11(8-18)14(13)19-9-10-4-5-17-12(6-10)7-16/h1-6,18H,8-9H2. The number of para-hydroxylation sites is 1. The molecular formula is C14H11FN2O2. The van der Waals surface area contributed by atoms with Gasteiger partial charge in [-0.3, -0.25) is 0 Å². The summed E-state index contributed by atoms with van der Waals surface area (Å²) in [7, 11) is 0. The SMILES string of the molecule is N#Cc1cc(COc2c(F)cccc2CO)ccn1. The molecule has 0 radical (unpaired) electrons. The molecule has 0 fully saturated rings. The molecule has 5 heteroatoms. The van der Waals surface area contributed by atoms with Crippen molar-refractivity contribution in [3.8, 4) is 11.8 Å². The molecule has 0 aliphatic carbocycles. The number of pyridine rings is 1. The number of aromatic nitrogens is 1. The van der Waals surface area contributed by atoms with E-state index >= 15 is 0 Å². The van der Waals surface area contributed by atoms with Crippen molar-refractivity contribution in [2.75, 3.05) is 0 Å². The number of aliphatic hydroxyl groups excluding tert-OH is 1. The quantitative estimate of drug-likeness (QED) is 0.912. The number of rotatable bonds is 4. The Hall–Kier alpha value is -2.45. The molecule has 0 saturated carbocycles. The Morgan fingerprint density at radius 2 is 2.21 bits per heavy atom. The average molecular weight is 258 g/mol. The lowest BCUT2D eigenvalue weighted by molar-refractivity contribution is 0.251. The molecular weight excluding hydrogens is 247 g/mol. The van der Waals surface area contributed by atoms with Crippen LogP contribution in [0.15, 0.2) is 36.5 Å². The predicted octanol–water partition coefficient (Wildman–Crippen LogP) is 2.16. The van der Waals surface area contributed by atoms with Crippen LogP contribution in [0.25, 0.3) is 0 Å². The van der Waals surface area contributed by atoms with Crippen LogP contribution in [-0.2, 0) is 13.2 Å². The topological polar surface area (TPSA) is 66.1 Å². The summed E-state index contributed by atoms with van der Waals surface area (Å²) in [4.78, 5) is 3.83. The van der Waals surface area contributed by atoms with E-state index in [9.17, 15) is 4.39 Å². The van der Waals surface area contributed by atoms with Gasteiger partial charge in [0.25, 0.3) is 0 Å². The fourth-order valence-electron chi connectivity index (χ4n) is 1.62. The van der Waals surface area contributed by atoms with E-state index in [-0.39, 0.29) is 24.7 Å². The number of aliphatic hydroxyl groups is 1. The van der Waals surface area contributed by atoms with Gasteiger partial charge in [0.05, 0.1) is 6.61 Å². The maximum Gasteiger partial charge on any atom is 0.165 e. The van der Waals surface area contributed by atoms with E-state index in [2.05, 4.69) is 4.98 Å². The van der Waals surface area contributed by atoms with Gasteiger partial charge in [0, 0.05) is 11.8 Å². The molecule has 1 N–H and O–H groups in total. The minimum atomic E-state index is -0.527. The second-order valence-corrected chi connectivity index (χ2v) is 3.84. The Morgan fingerprint density at radius 3 is 2.95 bits per heavy atom. The van der Waals surface area contributed by atoms with E-state index in [0.717, 1.165) is 0 Å². The van der Waals surface area contributed by atoms with Gasteiger partial charge < -0.3 is 9.84 Å². The molecule has 4 nitrogen and oxygen atoms in total. The first-order valence-electron chi connectivity index (χ1n) is 5.60.